The Labute approximate surface area is 327 Å². The number of benzene rings is 6. The molecule has 7 heteroatoms. The van der Waals surface area contributed by atoms with Gasteiger partial charge in [-0.1, -0.05) is 84.9 Å². The van der Waals surface area contributed by atoms with Crippen LogP contribution >= 0.6 is 0 Å². The van der Waals surface area contributed by atoms with Crippen LogP contribution < -0.4 is 4.90 Å². The monoisotopic (exact) mass is 733 g/mol. The number of nitrogens with zero attached hydrogens (tertiary/aromatic N) is 5. The van der Waals surface area contributed by atoms with Crippen LogP contribution in [-0.4, -0.2) is 19.9 Å². The fourth-order valence-corrected chi connectivity index (χ4v) is 7.58. The molecule has 11 aromatic rings. The second kappa shape index (κ2) is 13.4. The molecule has 0 saturated heterocycles. The molecule has 0 radical (unpaired) electrons. The van der Waals surface area contributed by atoms with Crippen molar-refractivity contribution >= 4 is 61.1 Å². The number of oxazole rings is 1. The van der Waals surface area contributed by atoms with Gasteiger partial charge in [0.2, 0.25) is 5.89 Å². The van der Waals surface area contributed by atoms with Gasteiger partial charge in [-0.3, -0.25) is 9.97 Å². The molecule has 0 N–H and O–H groups in total. The molecule has 0 spiro atoms. The van der Waals surface area contributed by atoms with Crippen molar-refractivity contribution in [2.75, 3.05) is 4.90 Å². The minimum Gasteiger partial charge on any atom is -0.456 e. The first-order chi connectivity index (χ1) is 28.2. The van der Waals surface area contributed by atoms with Crippen molar-refractivity contribution in [3.8, 4) is 45.1 Å². The van der Waals surface area contributed by atoms with Gasteiger partial charge in [0.15, 0.2) is 5.58 Å². The minimum absolute atomic E-state index is 0.588. The lowest BCUT2D eigenvalue weighted by Gasteiger charge is -2.26. The van der Waals surface area contributed by atoms with Crippen LogP contribution in [0.4, 0.5) is 17.1 Å². The topological polar surface area (TPSA) is 81.1 Å². The highest BCUT2D eigenvalue weighted by Crippen LogP contribution is 2.39. The molecule has 5 heterocycles. The summed E-state index contributed by atoms with van der Waals surface area (Å²) in [6.07, 6.45) is 3.72. The van der Waals surface area contributed by atoms with E-state index in [0.717, 1.165) is 100 Å². The van der Waals surface area contributed by atoms with Gasteiger partial charge < -0.3 is 13.7 Å². The third kappa shape index (κ3) is 5.86. The summed E-state index contributed by atoms with van der Waals surface area (Å²) in [6, 6.07) is 59.7. The van der Waals surface area contributed by atoms with E-state index in [4.69, 9.17) is 28.8 Å². The molecule has 0 fully saturated rings. The molecule has 0 atom stereocenters. The molecular formula is C50H31N5O2. The summed E-state index contributed by atoms with van der Waals surface area (Å²) in [5.41, 5.74) is 14.8. The molecule has 0 aliphatic heterocycles. The maximum atomic E-state index is 6.18. The van der Waals surface area contributed by atoms with Crippen LogP contribution in [0.1, 0.15) is 0 Å². The predicted molar refractivity (Wildman–Crippen MR) is 229 cm³/mol. The van der Waals surface area contributed by atoms with Crippen molar-refractivity contribution in [2.45, 2.75) is 0 Å². The van der Waals surface area contributed by atoms with Gasteiger partial charge in [-0.05, 0) is 90.5 Å². The molecule has 0 bridgehead atoms. The Morgan fingerprint density at radius 3 is 1.77 bits per heavy atom. The highest BCUT2D eigenvalue weighted by atomic mass is 16.3. The number of fused-ring (bicyclic) bond motifs is 5. The Kier molecular flexibility index (Phi) is 7.67. The zero-order chi connectivity index (χ0) is 37.7. The van der Waals surface area contributed by atoms with Crippen molar-refractivity contribution in [1.29, 1.82) is 0 Å². The van der Waals surface area contributed by atoms with Crippen molar-refractivity contribution < 1.29 is 8.83 Å². The second-order valence-corrected chi connectivity index (χ2v) is 13.9. The molecule has 5 aromatic heterocycles. The van der Waals surface area contributed by atoms with E-state index in [-0.39, 0.29) is 0 Å². The van der Waals surface area contributed by atoms with E-state index in [9.17, 15) is 0 Å². The summed E-state index contributed by atoms with van der Waals surface area (Å²) < 4.78 is 12.3. The SMILES string of the molecule is c1ccc(-c2cc(-c3ccc(N(c4ccc(-c5cc6oc7ccccc7c6cn5)cc4)c4ccc(-c5nc6ccccc6o5)cc4)cc3)nc3cccnc23)cc1. The quantitative estimate of drug-likeness (QED) is 0.161. The number of pyridine rings is 3. The van der Waals surface area contributed by atoms with Gasteiger partial charge in [0, 0.05) is 68.5 Å². The zero-order valence-corrected chi connectivity index (χ0v) is 30.5. The first kappa shape index (κ1) is 32.5. The van der Waals surface area contributed by atoms with Gasteiger partial charge in [-0.2, -0.15) is 0 Å². The molecule has 11 rings (SSSR count). The van der Waals surface area contributed by atoms with E-state index >= 15 is 0 Å². The molecule has 7 nitrogen and oxygen atoms in total. The maximum absolute atomic E-state index is 6.18. The number of hydrogen-bond acceptors (Lipinski definition) is 7. The van der Waals surface area contributed by atoms with Gasteiger partial charge in [0.1, 0.15) is 16.7 Å². The van der Waals surface area contributed by atoms with Crippen LogP contribution in [0.25, 0.3) is 89.2 Å². The summed E-state index contributed by atoms with van der Waals surface area (Å²) in [4.78, 5) is 21.5. The van der Waals surface area contributed by atoms with Gasteiger partial charge in [0.05, 0.1) is 22.4 Å². The fourth-order valence-electron chi connectivity index (χ4n) is 7.58. The number of furan rings is 1. The standard InChI is InChI=1S/C50H31N5O2/c1-2-9-32(10-3-1)40-29-45(53-43-13-8-28-51-49(40)43)34-18-24-37(25-19-34)55(38-26-20-35(21-27-38)50-54-42-12-5-7-15-47(42)57-50)36-22-16-33(17-23-36)44-30-48-41(31-52-44)39-11-4-6-14-46(39)56-48/h1-31H. The molecule has 268 valence electrons. The van der Waals surface area contributed by atoms with Crippen LogP contribution in [0.2, 0.25) is 0 Å². The maximum Gasteiger partial charge on any atom is 0.227 e. The Bertz CT molecular complexity index is 3190. The van der Waals surface area contributed by atoms with Gasteiger partial charge in [0.25, 0.3) is 0 Å². The van der Waals surface area contributed by atoms with Gasteiger partial charge in [-0.25, -0.2) is 9.97 Å². The lowest BCUT2D eigenvalue weighted by atomic mass is 10.0. The molecule has 0 unspecified atom stereocenters. The van der Waals surface area contributed by atoms with Crippen molar-refractivity contribution in [3.63, 3.8) is 0 Å². The summed E-state index contributed by atoms with van der Waals surface area (Å²) in [6.45, 7) is 0. The van der Waals surface area contributed by atoms with Crippen LogP contribution in [0.3, 0.4) is 0 Å². The van der Waals surface area contributed by atoms with Crippen LogP contribution in [0.15, 0.2) is 197 Å². The number of hydrogen-bond donors (Lipinski definition) is 0. The van der Waals surface area contributed by atoms with E-state index < -0.39 is 0 Å². The fraction of sp³-hybridized carbons (Fsp3) is 0. The van der Waals surface area contributed by atoms with Crippen LogP contribution in [-0.2, 0) is 0 Å². The predicted octanol–water partition coefficient (Wildman–Crippen LogP) is 13.2. The van der Waals surface area contributed by atoms with E-state index in [1.54, 1.807) is 0 Å². The summed E-state index contributed by atoms with van der Waals surface area (Å²) in [7, 11) is 0. The van der Waals surface area contributed by atoms with Crippen LogP contribution in [0.5, 0.6) is 0 Å². The highest BCUT2D eigenvalue weighted by Gasteiger charge is 2.17. The van der Waals surface area contributed by atoms with E-state index in [0.29, 0.717) is 5.89 Å². The first-order valence-corrected chi connectivity index (χ1v) is 18.8. The minimum atomic E-state index is 0.588. The zero-order valence-electron chi connectivity index (χ0n) is 30.5. The molecule has 0 amide bonds. The molecular weight excluding hydrogens is 703 g/mol. The van der Waals surface area contributed by atoms with E-state index in [2.05, 4.69) is 114 Å². The number of aromatic nitrogens is 4. The Morgan fingerprint density at radius 2 is 1.04 bits per heavy atom. The average Bonchev–Trinajstić information content (AvgIpc) is 3.89. The lowest BCUT2D eigenvalue weighted by Crippen LogP contribution is -2.09. The lowest BCUT2D eigenvalue weighted by molar-refractivity contribution is 0.620. The van der Waals surface area contributed by atoms with Crippen molar-refractivity contribution in [1.82, 2.24) is 19.9 Å². The Balaban J connectivity index is 0.975. The van der Waals surface area contributed by atoms with E-state index in [1.165, 1.54) is 0 Å². The van der Waals surface area contributed by atoms with E-state index in [1.807, 2.05) is 79.1 Å². The van der Waals surface area contributed by atoms with Crippen molar-refractivity contribution in [3.05, 3.63) is 188 Å². The smallest absolute Gasteiger partial charge is 0.227 e. The van der Waals surface area contributed by atoms with Crippen molar-refractivity contribution in [2.24, 2.45) is 0 Å². The highest BCUT2D eigenvalue weighted by molar-refractivity contribution is 6.05. The largest absolute Gasteiger partial charge is 0.456 e. The number of anilines is 3. The first-order valence-electron chi connectivity index (χ1n) is 18.8. The van der Waals surface area contributed by atoms with Gasteiger partial charge in [-0.15, -0.1) is 0 Å². The van der Waals surface area contributed by atoms with Crippen LogP contribution in [0, 0.1) is 0 Å². The molecule has 0 saturated carbocycles. The Hall–Kier alpha value is -7.90. The molecule has 57 heavy (non-hydrogen) atoms. The number of para-hydroxylation sites is 3. The number of rotatable bonds is 7. The summed E-state index contributed by atoms with van der Waals surface area (Å²) in [5.74, 6) is 0.588. The third-order valence-electron chi connectivity index (χ3n) is 10.4. The molecule has 0 aliphatic rings. The summed E-state index contributed by atoms with van der Waals surface area (Å²) >= 11 is 0. The van der Waals surface area contributed by atoms with Gasteiger partial charge >= 0.3 is 0 Å². The Morgan fingerprint density at radius 1 is 0.404 bits per heavy atom. The average molecular weight is 734 g/mol. The second-order valence-electron chi connectivity index (χ2n) is 13.9. The summed E-state index contributed by atoms with van der Waals surface area (Å²) in [5, 5.41) is 2.07. The molecule has 0 aliphatic carbocycles. The third-order valence-corrected chi connectivity index (χ3v) is 10.4. The molecule has 6 aromatic carbocycles. The normalized spacial score (nSPS) is 11.5.